The van der Waals surface area contributed by atoms with E-state index in [1.54, 1.807) is 13.8 Å². The third kappa shape index (κ3) is 2.10. The second-order valence-electron chi connectivity index (χ2n) is 7.13. The number of hydrogen-bond donors (Lipinski definition) is 0. The average Bonchev–Trinajstić information content (AvgIpc) is 3.26. The van der Waals surface area contributed by atoms with Gasteiger partial charge in [-0.1, -0.05) is 46.4 Å². The summed E-state index contributed by atoms with van der Waals surface area (Å²) in [6, 6.07) is -1.13. The molecule has 6 atom stereocenters. The van der Waals surface area contributed by atoms with Crippen molar-refractivity contribution in [3.05, 3.63) is 10.1 Å². The van der Waals surface area contributed by atoms with Gasteiger partial charge < -0.3 is 9.47 Å². The number of ether oxygens (including phenoxy) is 2. The lowest BCUT2D eigenvalue weighted by Crippen LogP contribution is -2.62. The van der Waals surface area contributed by atoms with Crippen molar-refractivity contribution in [3.63, 3.8) is 0 Å². The van der Waals surface area contributed by atoms with E-state index in [1.807, 2.05) is 0 Å². The molecule has 1 heterocycles. The first kappa shape index (κ1) is 21.3. The van der Waals surface area contributed by atoms with Gasteiger partial charge in [0, 0.05) is 11.8 Å². The Morgan fingerprint density at radius 2 is 1.25 bits per heavy atom. The average molecular weight is 513 g/mol. The predicted molar refractivity (Wildman–Crippen MR) is 107 cm³/mol. The molecule has 3 fully saturated rings. The van der Waals surface area contributed by atoms with Gasteiger partial charge in [-0.3, -0.25) is 0 Å². The molecule has 6 unspecified atom stereocenters. The summed E-state index contributed by atoms with van der Waals surface area (Å²) >= 11 is 40.0. The number of carbonyl (C=O) groups excluding carboxylic acids is 2. The molecule has 4 aliphatic rings. The van der Waals surface area contributed by atoms with E-state index in [1.165, 1.54) is 10.0 Å². The van der Waals surface area contributed by atoms with E-state index in [2.05, 4.69) is 0 Å². The number of amides is 2. The van der Waals surface area contributed by atoms with Crippen LogP contribution in [-0.4, -0.2) is 61.6 Å². The maximum absolute atomic E-state index is 12.7. The van der Waals surface area contributed by atoms with Gasteiger partial charge in [0.15, 0.2) is 4.33 Å². The molecule has 0 N–H and O–H groups in total. The molecule has 28 heavy (non-hydrogen) atoms. The fraction of sp³-hybridized carbons (Fsp3) is 0.750. The first-order valence-corrected chi connectivity index (χ1v) is 11.0. The van der Waals surface area contributed by atoms with E-state index in [0.717, 1.165) is 0 Å². The fourth-order valence-corrected chi connectivity index (χ4v) is 8.37. The topological polar surface area (TPSA) is 59.1 Å². The number of fused-ring (bicyclic) bond motifs is 9. The van der Waals surface area contributed by atoms with Crippen LogP contribution in [0, 0.1) is 11.8 Å². The molecule has 3 aliphatic carbocycles. The van der Waals surface area contributed by atoms with Crippen molar-refractivity contribution < 1.29 is 19.1 Å². The smallest absolute Gasteiger partial charge is 0.429 e. The molecule has 12 heteroatoms. The van der Waals surface area contributed by atoms with Crippen molar-refractivity contribution >= 4 is 81.8 Å². The van der Waals surface area contributed by atoms with E-state index in [4.69, 9.17) is 79.1 Å². The van der Waals surface area contributed by atoms with Gasteiger partial charge >= 0.3 is 12.2 Å². The van der Waals surface area contributed by atoms with Crippen LogP contribution in [0.5, 0.6) is 0 Å². The highest BCUT2D eigenvalue weighted by molar-refractivity contribution is 6.65. The van der Waals surface area contributed by atoms with Crippen LogP contribution in [0.25, 0.3) is 0 Å². The van der Waals surface area contributed by atoms with E-state index in [9.17, 15) is 9.59 Å². The zero-order chi connectivity index (χ0) is 20.8. The van der Waals surface area contributed by atoms with E-state index < -0.39 is 50.2 Å². The Morgan fingerprint density at radius 3 is 1.57 bits per heavy atom. The molecule has 0 aromatic heterocycles. The standard InChI is InChI=1S/C16H16Cl6N2O4/c1-3-27-12(25)23-6-5-7(24(23)13(26)28-4-2)9-8(6)14(19)10(17)11(18)15(9,20)16(14,21)22/h6-9H,3-5H2,1-2H3. The maximum atomic E-state index is 12.7. The summed E-state index contributed by atoms with van der Waals surface area (Å²) in [7, 11) is 0. The Kier molecular flexibility index (Phi) is 4.94. The van der Waals surface area contributed by atoms with Crippen molar-refractivity contribution in [2.45, 2.75) is 46.4 Å². The SMILES string of the molecule is CCOC(=O)N1C2CC(C3C2C2(Cl)C(Cl)=C(Cl)C3(Cl)C2(Cl)Cl)N1C(=O)OCC. The predicted octanol–water partition coefficient (Wildman–Crippen LogP) is 5.05. The third-order valence-corrected chi connectivity index (χ3v) is 10.4. The molecule has 4 bridgehead atoms. The molecular weight excluding hydrogens is 497 g/mol. The minimum Gasteiger partial charge on any atom is -0.448 e. The van der Waals surface area contributed by atoms with Gasteiger partial charge in [-0.25, -0.2) is 19.6 Å². The van der Waals surface area contributed by atoms with Crippen LogP contribution in [0.4, 0.5) is 9.59 Å². The van der Waals surface area contributed by atoms with Gasteiger partial charge in [0.1, 0.15) is 9.75 Å². The van der Waals surface area contributed by atoms with Gasteiger partial charge in [0.05, 0.1) is 35.4 Å². The van der Waals surface area contributed by atoms with E-state index in [0.29, 0.717) is 6.42 Å². The summed E-state index contributed by atoms with van der Waals surface area (Å²) < 4.78 is 8.55. The first-order chi connectivity index (χ1) is 13.0. The lowest BCUT2D eigenvalue weighted by molar-refractivity contribution is -0.0720. The summed E-state index contributed by atoms with van der Waals surface area (Å²) in [4.78, 5) is 22.3. The van der Waals surface area contributed by atoms with Gasteiger partial charge in [0.2, 0.25) is 0 Å². The lowest BCUT2D eigenvalue weighted by atomic mass is 9.80. The minimum absolute atomic E-state index is 0.0659. The summed E-state index contributed by atoms with van der Waals surface area (Å²) in [6.07, 6.45) is -1.00. The van der Waals surface area contributed by atoms with Crippen LogP contribution < -0.4 is 0 Å². The lowest BCUT2D eigenvalue weighted by Gasteiger charge is -2.47. The van der Waals surface area contributed by atoms with Crippen molar-refractivity contribution in [2.24, 2.45) is 11.8 Å². The highest BCUT2D eigenvalue weighted by Crippen LogP contribution is 2.80. The number of alkyl halides is 4. The summed E-state index contributed by atoms with van der Waals surface area (Å²) in [5, 5.41) is 2.58. The minimum atomic E-state index is -1.74. The summed E-state index contributed by atoms with van der Waals surface area (Å²) in [5.41, 5.74) is 0. The van der Waals surface area contributed by atoms with Gasteiger partial charge in [-0.2, -0.15) is 0 Å². The molecule has 0 aromatic rings. The van der Waals surface area contributed by atoms with Gasteiger partial charge in [-0.15, -0.1) is 23.2 Å². The Bertz CT molecular complexity index is 733. The first-order valence-electron chi connectivity index (χ1n) is 8.75. The molecule has 156 valence electrons. The Morgan fingerprint density at radius 1 is 0.893 bits per heavy atom. The second kappa shape index (κ2) is 6.51. The van der Waals surface area contributed by atoms with Crippen molar-refractivity contribution in [2.75, 3.05) is 13.2 Å². The van der Waals surface area contributed by atoms with Crippen LogP contribution in [0.15, 0.2) is 10.1 Å². The van der Waals surface area contributed by atoms with Crippen LogP contribution in [0.1, 0.15) is 20.3 Å². The molecule has 0 radical (unpaired) electrons. The molecule has 1 saturated heterocycles. The molecule has 6 nitrogen and oxygen atoms in total. The summed E-state index contributed by atoms with van der Waals surface area (Å²) in [6.45, 7) is 3.59. The number of carbonyl (C=O) groups is 2. The molecule has 2 amide bonds. The van der Waals surface area contributed by atoms with Crippen molar-refractivity contribution in [3.8, 4) is 0 Å². The Hall–Kier alpha value is 0.0200. The molecular formula is C16H16Cl6N2O4. The number of hydrazine groups is 1. The number of halogens is 6. The van der Waals surface area contributed by atoms with Gasteiger partial charge in [-0.05, 0) is 20.3 Å². The van der Waals surface area contributed by atoms with Crippen LogP contribution in [-0.2, 0) is 9.47 Å². The zero-order valence-corrected chi connectivity index (χ0v) is 19.3. The largest absolute Gasteiger partial charge is 0.448 e. The molecule has 0 spiro atoms. The Balaban J connectivity index is 1.85. The normalized spacial score (nSPS) is 42.3. The quantitative estimate of drug-likeness (QED) is 0.384. The number of hydrogen-bond acceptors (Lipinski definition) is 4. The molecule has 4 rings (SSSR count). The zero-order valence-electron chi connectivity index (χ0n) is 14.7. The maximum Gasteiger partial charge on any atom is 0.429 e. The Labute approximate surface area is 191 Å². The van der Waals surface area contributed by atoms with Gasteiger partial charge in [0.25, 0.3) is 0 Å². The molecule has 1 aliphatic heterocycles. The number of allylic oxidation sites excluding steroid dienone is 2. The summed E-state index contributed by atoms with van der Waals surface area (Å²) in [5.74, 6) is -1.06. The third-order valence-electron chi connectivity index (χ3n) is 6.13. The molecule has 0 aromatic carbocycles. The van der Waals surface area contributed by atoms with Crippen LogP contribution >= 0.6 is 69.6 Å². The van der Waals surface area contributed by atoms with Crippen molar-refractivity contribution in [1.82, 2.24) is 10.0 Å². The van der Waals surface area contributed by atoms with Crippen LogP contribution in [0.3, 0.4) is 0 Å². The monoisotopic (exact) mass is 510 g/mol. The highest BCUT2D eigenvalue weighted by atomic mass is 35.5. The highest BCUT2D eigenvalue weighted by Gasteiger charge is 2.88. The molecule has 2 saturated carbocycles. The fourth-order valence-electron chi connectivity index (χ4n) is 5.26. The van der Waals surface area contributed by atoms with Crippen LogP contribution in [0.2, 0.25) is 0 Å². The van der Waals surface area contributed by atoms with E-state index >= 15 is 0 Å². The second-order valence-corrected chi connectivity index (χ2v) is 10.4. The number of nitrogens with zero attached hydrogens (tertiary/aromatic N) is 2. The van der Waals surface area contributed by atoms with E-state index in [-0.39, 0.29) is 23.3 Å². The van der Waals surface area contributed by atoms with Crippen molar-refractivity contribution in [1.29, 1.82) is 0 Å². The number of rotatable bonds is 2.